The average molecular weight is 452 g/mol. The number of esters is 1. The summed E-state index contributed by atoms with van der Waals surface area (Å²) in [6, 6.07) is 0. The van der Waals surface area contributed by atoms with Gasteiger partial charge in [-0.1, -0.05) is 71.0 Å². The van der Waals surface area contributed by atoms with Crippen LogP contribution < -0.4 is 0 Å². The molecule has 0 fully saturated rings. The third-order valence-corrected chi connectivity index (χ3v) is 3.50. The number of ether oxygens (including phenoxy) is 1. The molecule has 0 aliphatic carbocycles. The van der Waals surface area contributed by atoms with Gasteiger partial charge in [0.1, 0.15) is 0 Å². The number of unbranched alkanes of at least 4 members (excludes halogenated alkanes) is 3. The fourth-order valence-electron chi connectivity index (χ4n) is 1.12. The van der Waals surface area contributed by atoms with E-state index in [0.29, 0.717) is 7.66 Å². The third kappa shape index (κ3) is 12.8. The van der Waals surface area contributed by atoms with Gasteiger partial charge in [0.15, 0.2) is 0 Å². The predicted octanol–water partition coefficient (Wildman–Crippen LogP) is 2.56. The van der Waals surface area contributed by atoms with Crippen LogP contribution in [0.25, 0.3) is 0 Å². The van der Waals surface area contributed by atoms with Gasteiger partial charge in [0.25, 0.3) is 0 Å². The zero-order valence-electron chi connectivity index (χ0n) is 9.10. The summed E-state index contributed by atoms with van der Waals surface area (Å²) in [5.74, 6) is -0.312. The fraction of sp³-hybridized carbons (Fsp3) is 0.700. The van der Waals surface area contributed by atoms with E-state index in [1.54, 1.807) is 0 Å². The van der Waals surface area contributed by atoms with Crippen molar-refractivity contribution in [2.75, 3.05) is 6.61 Å². The van der Waals surface area contributed by atoms with Crippen LogP contribution in [0.2, 0.25) is 0 Å². The summed E-state index contributed by atoms with van der Waals surface area (Å²) in [7, 11) is 1.24. The molecule has 0 aliphatic rings. The van der Waals surface area contributed by atoms with Crippen LogP contribution in [0.3, 0.4) is 0 Å². The first-order chi connectivity index (χ1) is 6.95. The van der Waals surface area contributed by atoms with Crippen LogP contribution in [0.4, 0.5) is 0 Å². The van der Waals surface area contributed by atoms with Gasteiger partial charge in [0.05, 0.1) is 7.66 Å². The number of hydrogen-bond acceptors (Lipinski definition) is 2. The molecule has 0 radical (unpaired) electrons. The molecule has 0 N–H and O–H groups in total. The summed E-state index contributed by atoms with van der Waals surface area (Å²) >= 11 is 5.05. The van der Waals surface area contributed by atoms with Crippen LogP contribution in [0.1, 0.15) is 32.1 Å². The van der Waals surface area contributed by atoms with Crippen LogP contribution in [0, 0.1) is 0 Å². The Morgan fingerprint density at radius 1 is 1.33 bits per heavy atom. The van der Waals surface area contributed by atoms with Gasteiger partial charge in [-0.25, -0.2) is 4.79 Å². The van der Waals surface area contributed by atoms with E-state index >= 15 is 0 Å². The largest absolute Gasteiger partial charge is 0.463 e. The monoisotopic (exact) mass is 452 g/mol. The molecule has 5 heteroatoms. The van der Waals surface area contributed by atoms with Crippen molar-refractivity contribution >= 4 is 61.4 Å². The Hall–Kier alpha value is 0.887. The second-order valence-corrected chi connectivity index (χ2v) is 16.2. The van der Waals surface area contributed by atoms with Crippen molar-refractivity contribution in [3.63, 3.8) is 0 Å². The lowest BCUT2D eigenvalue weighted by Crippen LogP contribution is -2.09. The molecule has 0 aromatic carbocycles. The lowest BCUT2D eigenvalue weighted by atomic mass is 10.2. The Kier molecular flexibility index (Phi) is 9.50. The summed E-state index contributed by atoms with van der Waals surface area (Å²) in [5.41, 5.74) is 0. The zero-order chi connectivity index (χ0) is 11.7. The molecule has 2 nitrogen and oxygen atoms in total. The molecule has 0 spiro atoms. The third-order valence-electron chi connectivity index (χ3n) is 1.92. The van der Waals surface area contributed by atoms with E-state index in [4.69, 9.17) is 4.74 Å². The van der Waals surface area contributed by atoms with E-state index in [2.05, 4.69) is 51.8 Å². The topological polar surface area (TPSA) is 26.3 Å². The average Bonchev–Trinajstić information content (AvgIpc) is 2.14. The SMILES string of the molecule is C=CC(=O)OCCCCCCC([SiH3])(I)I. The lowest BCUT2D eigenvalue weighted by Gasteiger charge is -2.13. The smallest absolute Gasteiger partial charge is 0.330 e. The molecule has 0 aromatic heterocycles. The summed E-state index contributed by atoms with van der Waals surface area (Å²) in [4.78, 5) is 10.7. The van der Waals surface area contributed by atoms with Crippen molar-refractivity contribution in [1.82, 2.24) is 0 Å². The summed E-state index contributed by atoms with van der Waals surface area (Å²) in [6.07, 6.45) is 7.15. The van der Waals surface area contributed by atoms with Crippen LogP contribution in [-0.4, -0.2) is 23.9 Å². The molecule has 0 heterocycles. The highest BCUT2D eigenvalue weighted by atomic mass is 127. The Morgan fingerprint density at radius 3 is 2.47 bits per heavy atom. The number of carbonyl (C=O) groups is 1. The van der Waals surface area contributed by atoms with E-state index in [9.17, 15) is 4.79 Å². The molecule has 0 aromatic rings. The van der Waals surface area contributed by atoms with Gasteiger partial charge < -0.3 is 4.74 Å². The van der Waals surface area contributed by atoms with Crippen LogP contribution in [-0.2, 0) is 9.53 Å². The standard InChI is InChI=1S/C10H18I2O2Si/c1-2-9(13)14-8-6-4-3-5-7-10(11,12)15/h2H,1,3-8H2,15H3. The van der Waals surface area contributed by atoms with Crippen molar-refractivity contribution in [1.29, 1.82) is 0 Å². The van der Waals surface area contributed by atoms with Gasteiger partial charge in [-0.2, -0.15) is 0 Å². The summed E-state index contributed by atoms with van der Waals surface area (Å²) in [5, 5.41) is 0. The molecule has 0 atom stereocenters. The van der Waals surface area contributed by atoms with Gasteiger partial charge in [0, 0.05) is 16.3 Å². The van der Waals surface area contributed by atoms with Gasteiger partial charge in [-0.05, 0) is 12.8 Å². The maximum absolute atomic E-state index is 10.7. The maximum atomic E-state index is 10.7. The Morgan fingerprint density at radius 2 is 1.93 bits per heavy atom. The molecular formula is C10H18I2O2Si. The minimum atomic E-state index is -0.312. The minimum absolute atomic E-state index is 0.312. The Balaban J connectivity index is 3.19. The van der Waals surface area contributed by atoms with Crippen molar-refractivity contribution in [3.05, 3.63) is 12.7 Å². The van der Waals surface area contributed by atoms with Crippen LogP contribution in [0.15, 0.2) is 12.7 Å². The van der Waals surface area contributed by atoms with Crippen LogP contribution in [0.5, 0.6) is 0 Å². The van der Waals surface area contributed by atoms with Crippen molar-refractivity contribution < 1.29 is 9.53 Å². The Bertz CT molecular complexity index is 202. The fourth-order valence-corrected chi connectivity index (χ4v) is 2.24. The van der Waals surface area contributed by atoms with Crippen molar-refractivity contribution in [2.45, 2.75) is 33.2 Å². The van der Waals surface area contributed by atoms with Gasteiger partial charge in [0.2, 0.25) is 0 Å². The molecule has 88 valence electrons. The number of alkyl halides is 2. The molecule has 0 unspecified atom stereocenters. The molecule has 0 saturated carbocycles. The predicted molar refractivity (Wildman–Crippen MR) is 85.0 cm³/mol. The summed E-state index contributed by atoms with van der Waals surface area (Å²) in [6.45, 7) is 3.88. The van der Waals surface area contributed by atoms with Crippen molar-refractivity contribution in [2.24, 2.45) is 0 Å². The second-order valence-electron chi connectivity index (χ2n) is 3.61. The second kappa shape index (κ2) is 8.97. The van der Waals surface area contributed by atoms with E-state index in [1.165, 1.54) is 35.6 Å². The zero-order valence-corrected chi connectivity index (χ0v) is 15.4. The van der Waals surface area contributed by atoms with Crippen molar-refractivity contribution in [3.8, 4) is 0 Å². The van der Waals surface area contributed by atoms with Gasteiger partial charge >= 0.3 is 5.97 Å². The molecule has 0 saturated heterocycles. The van der Waals surface area contributed by atoms with E-state index in [1.807, 2.05) is 0 Å². The summed E-state index contributed by atoms with van der Waals surface area (Å²) < 4.78 is 5.40. The van der Waals surface area contributed by atoms with E-state index in [0.717, 1.165) is 12.8 Å². The molecular weight excluding hydrogens is 434 g/mol. The quantitative estimate of drug-likeness (QED) is 0.141. The minimum Gasteiger partial charge on any atom is -0.463 e. The first-order valence-corrected chi connectivity index (χ1v) is 8.28. The normalized spacial score (nSPS) is 11.3. The van der Waals surface area contributed by atoms with E-state index < -0.39 is 0 Å². The molecule has 15 heavy (non-hydrogen) atoms. The maximum Gasteiger partial charge on any atom is 0.330 e. The lowest BCUT2D eigenvalue weighted by molar-refractivity contribution is -0.137. The number of carbonyl (C=O) groups excluding carboxylic acids is 1. The molecule has 0 rings (SSSR count). The highest BCUT2D eigenvalue weighted by Gasteiger charge is 2.12. The highest BCUT2D eigenvalue weighted by molar-refractivity contribution is 14.2. The van der Waals surface area contributed by atoms with Gasteiger partial charge in [-0.15, -0.1) is 0 Å². The molecule has 0 bridgehead atoms. The number of rotatable bonds is 8. The number of hydrogen-bond donors (Lipinski definition) is 0. The van der Waals surface area contributed by atoms with Gasteiger partial charge in [-0.3, -0.25) is 0 Å². The highest BCUT2D eigenvalue weighted by Crippen LogP contribution is 2.29. The Labute approximate surface area is 122 Å². The molecule has 0 amide bonds. The first-order valence-electron chi connectivity index (χ1n) is 5.13. The molecule has 0 aliphatic heterocycles. The van der Waals surface area contributed by atoms with Crippen LogP contribution >= 0.6 is 45.2 Å². The number of halogens is 2. The van der Waals surface area contributed by atoms with E-state index in [-0.39, 0.29) is 5.97 Å². The first kappa shape index (κ1) is 15.9.